The number of hydrogen-bond donors (Lipinski definition) is 2. The minimum absolute atomic E-state index is 0.109. The van der Waals surface area contributed by atoms with Gasteiger partial charge in [0.25, 0.3) is 0 Å². The molecule has 1 aromatic heterocycles. The van der Waals surface area contributed by atoms with Crippen LogP contribution in [0, 0.1) is 0 Å². The van der Waals surface area contributed by atoms with Crippen LogP contribution in [0.4, 0.5) is 0 Å². The van der Waals surface area contributed by atoms with Crippen molar-refractivity contribution in [1.29, 1.82) is 0 Å². The first-order valence-corrected chi connectivity index (χ1v) is 8.11. The van der Waals surface area contributed by atoms with Crippen LogP contribution in [-0.2, 0) is 6.54 Å². The van der Waals surface area contributed by atoms with E-state index in [0.29, 0.717) is 39.8 Å². The Morgan fingerprint density at radius 3 is 2.50 bits per heavy atom. The van der Waals surface area contributed by atoms with E-state index in [9.17, 15) is 9.59 Å². The van der Waals surface area contributed by atoms with Gasteiger partial charge in [0.05, 0.1) is 23.1 Å². The number of carbonyl (C=O) groups excluding carboxylic acids is 2. The fourth-order valence-corrected chi connectivity index (χ4v) is 3.18. The average Bonchev–Trinajstić information content (AvgIpc) is 3.02. The number of benzene rings is 2. The van der Waals surface area contributed by atoms with E-state index in [1.165, 1.54) is 0 Å². The molecule has 24 heavy (non-hydrogen) atoms. The summed E-state index contributed by atoms with van der Waals surface area (Å²) in [4.78, 5) is 33.4. The number of ketones is 2. The van der Waals surface area contributed by atoms with Gasteiger partial charge in [-0.15, -0.1) is 0 Å². The van der Waals surface area contributed by atoms with Gasteiger partial charge in [0.2, 0.25) is 0 Å². The second-order valence-corrected chi connectivity index (χ2v) is 5.95. The summed E-state index contributed by atoms with van der Waals surface area (Å²) in [5, 5.41) is 3.28. The number of imidazole rings is 1. The first kappa shape index (κ1) is 14.8. The van der Waals surface area contributed by atoms with E-state index < -0.39 is 0 Å². The van der Waals surface area contributed by atoms with Crippen molar-refractivity contribution >= 4 is 22.6 Å². The number of carbonyl (C=O) groups is 2. The number of nitrogens with zero attached hydrogens (tertiary/aromatic N) is 1. The lowest BCUT2D eigenvalue weighted by Gasteiger charge is -2.17. The smallest absolute Gasteiger partial charge is 0.196 e. The third-order valence-corrected chi connectivity index (χ3v) is 4.32. The minimum atomic E-state index is -0.123. The van der Waals surface area contributed by atoms with E-state index in [2.05, 4.69) is 22.2 Å². The molecule has 1 aliphatic carbocycles. The van der Waals surface area contributed by atoms with Crippen LogP contribution in [0.2, 0.25) is 0 Å². The molecule has 2 N–H and O–H groups in total. The van der Waals surface area contributed by atoms with E-state index in [-0.39, 0.29) is 11.6 Å². The number of fused-ring (bicyclic) bond motifs is 4. The van der Waals surface area contributed by atoms with Gasteiger partial charge in [-0.3, -0.25) is 9.59 Å². The summed E-state index contributed by atoms with van der Waals surface area (Å²) in [6.07, 6.45) is 1.04. The number of rotatable bonds is 4. The minimum Gasteiger partial charge on any atom is -0.340 e. The van der Waals surface area contributed by atoms with Crippen molar-refractivity contribution in [2.24, 2.45) is 0 Å². The van der Waals surface area contributed by atoms with Crippen molar-refractivity contribution < 1.29 is 9.59 Å². The van der Waals surface area contributed by atoms with Crippen molar-refractivity contribution in [2.45, 2.75) is 19.9 Å². The van der Waals surface area contributed by atoms with Gasteiger partial charge in [-0.25, -0.2) is 4.98 Å². The van der Waals surface area contributed by atoms with Crippen LogP contribution in [0.1, 0.15) is 51.0 Å². The van der Waals surface area contributed by atoms with Gasteiger partial charge in [-0.05, 0) is 25.1 Å². The van der Waals surface area contributed by atoms with Gasteiger partial charge in [-0.2, -0.15) is 0 Å². The van der Waals surface area contributed by atoms with Crippen LogP contribution in [0.5, 0.6) is 0 Å². The molecule has 4 rings (SSSR count). The van der Waals surface area contributed by atoms with Crippen molar-refractivity contribution in [3.05, 3.63) is 64.5 Å². The predicted molar refractivity (Wildman–Crippen MR) is 91.4 cm³/mol. The first-order valence-electron chi connectivity index (χ1n) is 8.11. The zero-order valence-electron chi connectivity index (χ0n) is 13.3. The molecule has 0 saturated carbocycles. The highest BCUT2D eigenvalue weighted by molar-refractivity contribution is 6.31. The Labute approximate surface area is 139 Å². The highest BCUT2D eigenvalue weighted by atomic mass is 16.1. The second-order valence-electron chi connectivity index (χ2n) is 5.95. The monoisotopic (exact) mass is 319 g/mol. The lowest BCUT2D eigenvalue weighted by atomic mass is 9.83. The number of H-pyrrole nitrogens is 1. The molecule has 120 valence electrons. The Kier molecular flexibility index (Phi) is 3.50. The molecular weight excluding hydrogens is 302 g/mol. The van der Waals surface area contributed by atoms with E-state index >= 15 is 0 Å². The molecule has 0 amide bonds. The van der Waals surface area contributed by atoms with Crippen LogP contribution in [0.3, 0.4) is 0 Å². The molecule has 5 heteroatoms. The molecule has 0 atom stereocenters. The maximum Gasteiger partial charge on any atom is 0.196 e. The Morgan fingerprint density at radius 1 is 1.00 bits per heavy atom. The summed E-state index contributed by atoms with van der Waals surface area (Å²) < 4.78 is 0. The van der Waals surface area contributed by atoms with E-state index in [1.54, 1.807) is 36.4 Å². The Bertz CT molecular complexity index is 972. The summed E-state index contributed by atoms with van der Waals surface area (Å²) in [6, 6.07) is 10.5. The van der Waals surface area contributed by atoms with E-state index in [0.717, 1.165) is 18.8 Å². The van der Waals surface area contributed by atoms with Gasteiger partial charge in [-0.1, -0.05) is 31.2 Å². The topological polar surface area (TPSA) is 74.8 Å². The van der Waals surface area contributed by atoms with Gasteiger partial charge in [0, 0.05) is 16.7 Å². The van der Waals surface area contributed by atoms with Crippen LogP contribution < -0.4 is 5.32 Å². The summed E-state index contributed by atoms with van der Waals surface area (Å²) in [5.41, 5.74) is 3.17. The summed E-state index contributed by atoms with van der Waals surface area (Å²) in [5.74, 6) is 0.538. The van der Waals surface area contributed by atoms with Gasteiger partial charge >= 0.3 is 0 Å². The van der Waals surface area contributed by atoms with Crippen LogP contribution in [0.15, 0.2) is 36.4 Å². The molecular formula is C19H17N3O2. The molecule has 1 heterocycles. The standard InChI is InChI=1S/C19H17N3O2/c1-2-9-20-10-15-21-14-8-7-13-16(17(14)22-15)19(24)12-6-4-3-5-11(12)18(13)23/h3-8,20H,2,9-10H2,1H3,(H,21,22). The van der Waals surface area contributed by atoms with Gasteiger partial charge in [0.15, 0.2) is 11.6 Å². The molecule has 0 saturated heterocycles. The number of nitrogens with one attached hydrogen (secondary N) is 2. The summed E-state index contributed by atoms with van der Waals surface area (Å²) >= 11 is 0. The second kappa shape index (κ2) is 5.69. The van der Waals surface area contributed by atoms with Crippen LogP contribution >= 0.6 is 0 Å². The Hall–Kier alpha value is -2.79. The highest BCUT2D eigenvalue weighted by Crippen LogP contribution is 2.31. The van der Waals surface area contributed by atoms with Gasteiger partial charge < -0.3 is 10.3 Å². The molecule has 0 spiro atoms. The Morgan fingerprint density at radius 2 is 1.75 bits per heavy atom. The summed E-state index contributed by atoms with van der Waals surface area (Å²) in [7, 11) is 0. The molecule has 0 unspecified atom stereocenters. The zero-order chi connectivity index (χ0) is 16.7. The average molecular weight is 319 g/mol. The lowest BCUT2D eigenvalue weighted by molar-refractivity contribution is 0.0980. The molecule has 5 nitrogen and oxygen atoms in total. The quantitative estimate of drug-likeness (QED) is 0.567. The molecule has 0 bridgehead atoms. The largest absolute Gasteiger partial charge is 0.340 e. The van der Waals surface area contributed by atoms with Gasteiger partial charge in [0.1, 0.15) is 5.82 Å². The van der Waals surface area contributed by atoms with Crippen LogP contribution in [-0.4, -0.2) is 28.1 Å². The molecule has 3 aromatic rings. The predicted octanol–water partition coefficient (Wildman–Crippen LogP) is 2.84. The molecule has 0 fully saturated rings. The fourth-order valence-electron chi connectivity index (χ4n) is 3.18. The van der Waals surface area contributed by atoms with E-state index in [4.69, 9.17) is 0 Å². The zero-order valence-corrected chi connectivity index (χ0v) is 13.3. The first-order chi connectivity index (χ1) is 11.7. The van der Waals surface area contributed by atoms with E-state index in [1.807, 2.05) is 0 Å². The lowest BCUT2D eigenvalue weighted by Crippen LogP contribution is -2.21. The van der Waals surface area contributed by atoms with Crippen molar-refractivity contribution in [3.8, 4) is 0 Å². The SMILES string of the molecule is CCCNCc1nc2ccc3c(c2[nH]1)C(=O)c1ccccc1C3=O. The highest BCUT2D eigenvalue weighted by Gasteiger charge is 2.31. The van der Waals surface area contributed by atoms with Crippen molar-refractivity contribution in [1.82, 2.24) is 15.3 Å². The third kappa shape index (κ3) is 2.17. The number of aromatic amines is 1. The summed E-state index contributed by atoms with van der Waals surface area (Å²) in [6.45, 7) is 3.61. The Balaban J connectivity index is 1.85. The third-order valence-electron chi connectivity index (χ3n) is 4.32. The molecule has 2 aromatic carbocycles. The fraction of sp³-hybridized carbons (Fsp3) is 0.211. The number of hydrogen-bond acceptors (Lipinski definition) is 4. The normalized spacial score (nSPS) is 13.2. The maximum absolute atomic E-state index is 12.9. The van der Waals surface area contributed by atoms with Crippen molar-refractivity contribution in [2.75, 3.05) is 6.54 Å². The number of aromatic nitrogens is 2. The molecule has 0 aliphatic heterocycles. The molecule has 1 aliphatic rings. The van der Waals surface area contributed by atoms with Crippen molar-refractivity contribution in [3.63, 3.8) is 0 Å². The van der Waals surface area contributed by atoms with Crippen LogP contribution in [0.25, 0.3) is 11.0 Å². The maximum atomic E-state index is 12.9. The molecule has 0 radical (unpaired) electrons.